The van der Waals surface area contributed by atoms with Crippen LogP contribution in [0.4, 0.5) is 5.69 Å². The lowest BCUT2D eigenvalue weighted by Crippen LogP contribution is -2.05. The van der Waals surface area contributed by atoms with Gasteiger partial charge in [-0.2, -0.15) is 0 Å². The molecule has 0 bridgehead atoms. The summed E-state index contributed by atoms with van der Waals surface area (Å²) in [5.74, 6) is 1.49. The average molecular weight is 422 g/mol. The summed E-state index contributed by atoms with van der Waals surface area (Å²) in [6.45, 7) is 9.12. The van der Waals surface area contributed by atoms with Crippen LogP contribution in [0.25, 0.3) is 0 Å². The van der Waals surface area contributed by atoms with Crippen molar-refractivity contribution in [2.75, 3.05) is 12.4 Å². The topological polar surface area (TPSA) is 30.5 Å². The average Bonchev–Trinajstić information content (AvgIpc) is 2.75. The van der Waals surface area contributed by atoms with E-state index in [9.17, 15) is 0 Å². The minimum Gasteiger partial charge on any atom is -0.493 e. The Balaban J connectivity index is 1.82. The zero-order chi connectivity index (χ0) is 21.5. The molecule has 0 aliphatic rings. The molecule has 0 unspecified atom stereocenters. The van der Waals surface area contributed by atoms with Gasteiger partial charge in [0.15, 0.2) is 11.5 Å². The van der Waals surface area contributed by atoms with E-state index in [4.69, 9.17) is 21.1 Å². The molecule has 0 amide bonds. The van der Waals surface area contributed by atoms with E-state index >= 15 is 0 Å². The Morgan fingerprint density at radius 1 is 1.03 bits per heavy atom. The van der Waals surface area contributed by atoms with Crippen molar-refractivity contribution in [2.24, 2.45) is 0 Å². The predicted molar refractivity (Wildman–Crippen MR) is 126 cm³/mol. The molecule has 1 N–H and O–H groups in total. The highest BCUT2D eigenvalue weighted by atomic mass is 35.5. The van der Waals surface area contributed by atoms with E-state index in [1.807, 2.05) is 37.3 Å². The Morgan fingerprint density at radius 3 is 2.50 bits per heavy atom. The Hall–Kier alpha value is -2.91. The van der Waals surface area contributed by atoms with Crippen LogP contribution in [0.5, 0.6) is 11.5 Å². The first kappa shape index (κ1) is 21.8. The van der Waals surface area contributed by atoms with Gasteiger partial charge in [-0.3, -0.25) is 0 Å². The van der Waals surface area contributed by atoms with Crippen LogP contribution in [0, 0.1) is 13.8 Å². The number of hydrogen-bond acceptors (Lipinski definition) is 3. The summed E-state index contributed by atoms with van der Waals surface area (Å²) in [5.41, 5.74) is 6.56. The second-order valence-corrected chi connectivity index (χ2v) is 7.73. The van der Waals surface area contributed by atoms with E-state index in [-0.39, 0.29) is 0 Å². The number of aryl methyl sites for hydroxylation is 1. The fraction of sp³-hybridized carbons (Fsp3) is 0.231. The molecule has 0 spiro atoms. The van der Waals surface area contributed by atoms with Gasteiger partial charge in [-0.15, -0.1) is 6.58 Å². The van der Waals surface area contributed by atoms with Gasteiger partial charge in [0.1, 0.15) is 6.61 Å². The lowest BCUT2D eigenvalue weighted by Gasteiger charge is -2.18. The molecule has 156 valence electrons. The normalized spacial score (nSPS) is 10.5. The number of benzene rings is 3. The standard InChI is InChI=1S/C26H28ClNO2/c1-5-7-22-14-21(16-28-24-9-6-8-23(27)19(24)3)15-25(29-4)26(22)30-17-20-12-10-18(2)11-13-20/h5-6,8-15,28H,1,7,16-17H2,2-4H3. The van der Waals surface area contributed by atoms with Gasteiger partial charge in [-0.1, -0.05) is 53.6 Å². The predicted octanol–water partition coefficient (Wildman–Crippen LogP) is 6.89. The first-order valence-corrected chi connectivity index (χ1v) is 10.4. The second kappa shape index (κ2) is 10.2. The van der Waals surface area contributed by atoms with Gasteiger partial charge in [0.25, 0.3) is 0 Å². The van der Waals surface area contributed by atoms with E-state index in [0.717, 1.165) is 44.5 Å². The summed E-state index contributed by atoms with van der Waals surface area (Å²) >= 11 is 6.24. The Labute approximate surface area is 184 Å². The van der Waals surface area contributed by atoms with Crippen molar-refractivity contribution in [3.8, 4) is 11.5 Å². The highest BCUT2D eigenvalue weighted by Crippen LogP contribution is 2.35. The molecular weight excluding hydrogens is 394 g/mol. The monoisotopic (exact) mass is 421 g/mol. The summed E-state index contributed by atoms with van der Waals surface area (Å²) in [6, 6.07) is 18.4. The minimum atomic E-state index is 0.486. The lowest BCUT2D eigenvalue weighted by atomic mass is 10.0. The van der Waals surface area contributed by atoms with Crippen LogP contribution in [-0.4, -0.2) is 7.11 Å². The van der Waals surface area contributed by atoms with Gasteiger partial charge >= 0.3 is 0 Å². The zero-order valence-corrected chi connectivity index (χ0v) is 18.6. The Kier molecular flexibility index (Phi) is 7.42. The van der Waals surface area contributed by atoms with Crippen molar-refractivity contribution in [2.45, 2.75) is 33.4 Å². The molecule has 0 aromatic heterocycles. The van der Waals surface area contributed by atoms with Crippen molar-refractivity contribution in [1.82, 2.24) is 0 Å². The molecule has 3 rings (SSSR count). The van der Waals surface area contributed by atoms with E-state index in [1.54, 1.807) is 7.11 Å². The summed E-state index contributed by atoms with van der Waals surface area (Å²) < 4.78 is 11.8. The molecule has 3 aromatic carbocycles. The summed E-state index contributed by atoms with van der Waals surface area (Å²) in [6.07, 6.45) is 2.58. The molecule has 4 heteroatoms. The van der Waals surface area contributed by atoms with Gasteiger partial charge in [-0.05, 0) is 61.2 Å². The quantitative estimate of drug-likeness (QED) is 0.382. The van der Waals surface area contributed by atoms with Crippen LogP contribution in [0.3, 0.4) is 0 Å². The maximum atomic E-state index is 6.24. The molecule has 3 nitrogen and oxygen atoms in total. The third kappa shape index (κ3) is 5.37. The van der Waals surface area contributed by atoms with Crippen molar-refractivity contribution in [3.05, 3.63) is 100 Å². The second-order valence-electron chi connectivity index (χ2n) is 7.32. The molecule has 0 aliphatic heterocycles. The van der Waals surface area contributed by atoms with E-state index in [0.29, 0.717) is 19.6 Å². The van der Waals surface area contributed by atoms with Crippen LogP contribution < -0.4 is 14.8 Å². The molecule has 0 aliphatic carbocycles. The highest BCUT2D eigenvalue weighted by Gasteiger charge is 2.13. The number of anilines is 1. The van der Waals surface area contributed by atoms with Crippen molar-refractivity contribution < 1.29 is 9.47 Å². The maximum Gasteiger partial charge on any atom is 0.165 e. The number of nitrogens with one attached hydrogen (secondary N) is 1. The Morgan fingerprint density at radius 2 is 1.80 bits per heavy atom. The van der Waals surface area contributed by atoms with Gasteiger partial charge in [0.2, 0.25) is 0 Å². The SMILES string of the molecule is C=CCc1cc(CNc2cccc(Cl)c2C)cc(OC)c1OCc1ccc(C)cc1. The molecule has 0 saturated carbocycles. The number of halogens is 1. The smallest absolute Gasteiger partial charge is 0.165 e. The van der Waals surface area contributed by atoms with Gasteiger partial charge in [-0.25, -0.2) is 0 Å². The van der Waals surface area contributed by atoms with Crippen LogP contribution in [-0.2, 0) is 19.6 Å². The number of methoxy groups -OCH3 is 1. The summed E-state index contributed by atoms with van der Waals surface area (Å²) in [4.78, 5) is 0. The molecule has 30 heavy (non-hydrogen) atoms. The van der Waals surface area contributed by atoms with E-state index in [1.165, 1.54) is 5.56 Å². The van der Waals surface area contributed by atoms with Crippen LogP contribution in [0.2, 0.25) is 5.02 Å². The zero-order valence-electron chi connectivity index (χ0n) is 17.8. The first-order chi connectivity index (χ1) is 14.5. The van der Waals surface area contributed by atoms with Crippen molar-refractivity contribution >= 4 is 17.3 Å². The van der Waals surface area contributed by atoms with Gasteiger partial charge < -0.3 is 14.8 Å². The minimum absolute atomic E-state index is 0.486. The Bertz CT molecular complexity index is 1010. The fourth-order valence-electron chi connectivity index (χ4n) is 3.28. The van der Waals surface area contributed by atoms with E-state index in [2.05, 4.69) is 49.2 Å². The number of hydrogen-bond donors (Lipinski definition) is 1. The third-order valence-corrected chi connectivity index (χ3v) is 5.44. The molecular formula is C26H28ClNO2. The summed E-state index contributed by atoms with van der Waals surface area (Å²) in [5, 5.41) is 4.22. The van der Waals surface area contributed by atoms with Crippen LogP contribution in [0.15, 0.2) is 67.3 Å². The van der Waals surface area contributed by atoms with Crippen LogP contribution in [0.1, 0.15) is 27.8 Å². The molecule has 0 atom stereocenters. The highest BCUT2D eigenvalue weighted by molar-refractivity contribution is 6.31. The molecule has 0 fully saturated rings. The van der Waals surface area contributed by atoms with Gasteiger partial charge in [0, 0.05) is 22.8 Å². The van der Waals surface area contributed by atoms with E-state index < -0.39 is 0 Å². The maximum absolute atomic E-state index is 6.24. The third-order valence-electron chi connectivity index (χ3n) is 5.03. The molecule has 3 aromatic rings. The van der Waals surface area contributed by atoms with Crippen molar-refractivity contribution in [1.29, 1.82) is 0 Å². The van der Waals surface area contributed by atoms with Gasteiger partial charge in [0.05, 0.1) is 7.11 Å². The van der Waals surface area contributed by atoms with Crippen molar-refractivity contribution in [3.63, 3.8) is 0 Å². The lowest BCUT2D eigenvalue weighted by molar-refractivity contribution is 0.281. The van der Waals surface area contributed by atoms with Crippen LogP contribution >= 0.6 is 11.6 Å². The molecule has 0 saturated heterocycles. The number of ether oxygens (including phenoxy) is 2. The molecule has 0 heterocycles. The number of rotatable bonds is 9. The summed E-state index contributed by atoms with van der Waals surface area (Å²) in [7, 11) is 1.67. The largest absolute Gasteiger partial charge is 0.493 e. The fourth-order valence-corrected chi connectivity index (χ4v) is 3.46. The first-order valence-electron chi connectivity index (χ1n) is 9.99. The molecule has 0 radical (unpaired) electrons. The number of allylic oxidation sites excluding steroid dienone is 1.